The number of rotatable bonds is 4. The van der Waals surface area contributed by atoms with Gasteiger partial charge in [-0.25, -0.2) is 0 Å². The highest BCUT2D eigenvalue weighted by atomic mass is 16.5. The number of nitriles is 1. The molecule has 2 heterocycles. The molecule has 1 saturated heterocycles. The zero-order valence-electron chi connectivity index (χ0n) is 17.6. The minimum absolute atomic E-state index is 0.123. The Morgan fingerprint density at radius 3 is 2.71 bits per heavy atom. The molecule has 3 aliphatic rings. The number of hydrogen-bond donors (Lipinski definition) is 1. The lowest BCUT2D eigenvalue weighted by Crippen LogP contribution is -2.26. The van der Waals surface area contributed by atoms with E-state index in [-0.39, 0.29) is 6.10 Å². The van der Waals surface area contributed by atoms with Crippen molar-refractivity contribution < 1.29 is 9.47 Å². The van der Waals surface area contributed by atoms with Gasteiger partial charge in [0.15, 0.2) is 0 Å². The summed E-state index contributed by atoms with van der Waals surface area (Å²) >= 11 is 0. The molecule has 4 nitrogen and oxygen atoms in total. The highest BCUT2D eigenvalue weighted by Crippen LogP contribution is 2.48. The van der Waals surface area contributed by atoms with Crippen LogP contribution in [0.15, 0.2) is 48.5 Å². The quantitative estimate of drug-likeness (QED) is 0.567. The van der Waals surface area contributed by atoms with Crippen molar-refractivity contribution in [3.05, 3.63) is 59.8 Å². The third-order valence-corrected chi connectivity index (χ3v) is 7.18. The molecule has 2 atom stereocenters. The fourth-order valence-electron chi connectivity index (χ4n) is 5.57. The van der Waals surface area contributed by atoms with Crippen molar-refractivity contribution in [2.45, 2.75) is 38.2 Å². The van der Waals surface area contributed by atoms with E-state index in [0.29, 0.717) is 17.2 Å². The molecule has 0 amide bonds. The maximum atomic E-state index is 9.77. The molecule has 4 heteroatoms. The Hall–Kier alpha value is -3.03. The Balaban J connectivity index is 1.35. The fraction of sp³-hybridized carbons (Fsp3) is 0.370. The zero-order chi connectivity index (χ0) is 20.8. The number of allylic oxidation sites excluding steroid dienone is 2. The van der Waals surface area contributed by atoms with Crippen molar-refractivity contribution in [1.29, 1.82) is 5.26 Å². The van der Waals surface area contributed by atoms with E-state index in [1.54, 1.807) is 0 Å². The monoisotopic (exact) mass is 410 g/mol. The lowest BCUT2D eigenvalue weighted by Gasteiger charge is -2.24. The van der Waals surface area contributed by atoms with E-state index in [4.69, 9.17) is 9.47 Å². The predicted octanol–water partition coefficient (Wildman–Crippen LogP) is 6.08. The van der Waals surface area contributed by atoms with Crippen LogP contribution < -0.4 is 4.74 Å². The molecule has 1 aliphatic heterocycles. The van der Waals surface area contributed by atoms with E-state index >= 15 is 0 Å². The summed E-state index contributed by atoms with van der Waals surface area (Å²) in [7, 11) is 0. The Labute approximate surface area is 182 Å². The van der Waals surface area contributed by atoms with Crippen LogP contribution in [0.5, 0.6) is 5.75 Å². The van der Waals surface area contributed by atoms with Gasteiger partial charge < -0.3 is 14.5 Å². The van der Waals surface area contributed by atoms with Crippen LogP contribution in [0.4, 0.5) is 0 Å². The minimum atomic E-state index is 0.123. The summed E-state index contributed by atoms with van der Waals surface area (Å²) < 4.78 is 11.6. The van der Waals surface area contributed by atoms with Crippen molar-refractivity contribution in [3.63, 3.8) is 0 Å². The molecule has 6 rings (SSSR count). The highest BCUT2D eigenvalue weighted by Gasteiger charge is 2.34. The standard InChI is InChI=1S/C27H26N2O2/c28-16-20-14-19(6-7-27(20)31-21-8-10-30-11-9-21)22-2-1-3-25-24(22)15-26(29-25)23-13-17-4-5-18(23)12-17/h1-3,6-7,13-15,17-18,21,29H,4-5,8-12H2. The normalized spacial score (nSPS) is 23.1. The number of nitrogens with zero attached hydrogens (tertiary/aromatic N) is 1. The molecule has 2 aliphatic carbocycles. The second-order valence-electron chi connectivity index (χ2n) is 9.09. The van der Waals surface area contributed by atoms with Crippen LogP contribution >= 0.6 is 0 Å². The minimum Gasteiger partial charge on any atom is -0.489 e. The average Bonchev–Trinajstić information content (AvgIpc) is 3.55. The van der Waals surface area contributed by atoms with Gasteiger partial charge in [-0.15, -0.1) is 0 Å². The number of nitrogens with one attached hydrogen (secondary N) is 1. The third-order valence-electron chi connectivity index (χ3n) is 7.18. The summed E-state index contributed by atoms with van der Waals surface area (Å²) in [6.45, 7) is 1.45. The molecule has 0 spiro atoms. The van der Waals surface area contributed by atoms with Crippen LogP contribution in [0, 0.1) is 23.2 Å². The number of hydrogen-bond acceptors (Lipinski definition) is 3. The van der Waals surface area contributed by atoms with Crippen LogP contribution in [0.25, 0.3) is 27.6 Å². The summed E-state index contributed by atoms with van der Waals surface area (Å²) in [5.41, 5.74) is 6.70. The van der Waals surface area contributed by atoms with Gasteiger partial charge in [0.05, 0.1) is 18.8 Å². The Morgan fingerprint density at radius 1 is 1.03 bits per heavy atom. The van der Waals surface area contributed by atoms with E-state index in [1.807, 2.05) is 12.1 Å². The van der Waals surface area contributed by atoms with Crippen LogP contribution in [0.1, 0.15) is 43.4 Å². The van der Waals surface area contributed by atoms with E-state index in [9.17, 15) is 5.26 Å². The van der Waals surface area contributed by atoms with Gasteiger partial charge in [0, 0.05) is 29.4 Å². The average molecular weight is 411 g/mol. The van der Waals surface area contributed by atoms with Crippen LogP contribution in [0.3, 0.4) is 0 Å². The zero-order valence-corrected chi connectivity index (χ0v) is 17.6. The first-order valence-electron chi connectivity index (χ1n) is 11.4. The maximum absolute atomic E-state index is 9.77. The van der Waals surface area contributed by atoms with Gasteiger partial charge in [-0.2, -0.15) is 5.26 Å². The summed E-state index contributed by atoms with van der Waals surface area (Å²) in [6, 6.07) is 17.0. The number of aromatic nitrogens is 1. The van der Waals surface area contributed by atoms with E-state index in [1.165, 1.54) is 35.9 Å². The van der Waals surface area contributed by atoms with Gasteiger partial charge in [-0.05, 0) is 72.1 Å². The smallest absolute Gasteiger partial charge is 0.137 e. The number of aromatic amines is 1. The number of fused-ring (bicyclic) bond motifs is 3. The predicted molar refractivity (Wildman–Crippen MR) is 122 cm³/mol. The molecule has 2 bridgehead atoms. The van der Waals surface area contributed by atoms with Crippen molar-refractivity contribution in [2.24, 2.45) is 11.8 Å². The van der Waals surface area contributed by atoms with Crippen molar-refractivity contribution in [2.75, 3.05) is 13.2 Å². The Bertz CT molecular complexity index is 1210. The topological polar surface area (TPSA) is 58.0 Å². The fourth-order valence-corrected chi connectivity index (χ4v) is 5.57. The van der Waals surface area contributed by atoms with Gasteiger partial charge in [0.25, 0.3) is 0 Å². The van der Waals surface area contributed by atoms with E-state index in [0.717, 1.165) is 48.6 Å². The largest absolute Gasteiger partial charge is 0.489 e. The lowest BCUT2D eigenvalue weighted by atomic mass is 9.95. The molecular weight excluding hydrogens is 384 g/mol. The summed E-state index contributed by atoms with van der Waals surface area (Å²) in [6.07, 6.45) is 8.33. The highest BCUT2D eigenvalue weighted by molar-refractivity contribution is 5.98. The number of benzene rings is 2. The summed E-state index contributed by atoms with van der Waals surface area (Å²) in [5, 5.41) is 11.0. The third kappa shape index (κ3) is 3.34. The molecular formula is C27H26N2O2. The molecule has 1 aromatic heterocycles. The van der Waals surface area contributed by atoms with Crippen molar-refractivity contribution in [3.8, 4) is 22.9 Å². The summed E-state index contributed by atoms with van der Waals surface area (Å²) in [4.78, 5) is 3.66. The first kappa shape index (κ1) is 18.7. The second kappa shape index (κ2) is 7.59. The summed E-state index contributed by atoms with van der Waals surface area (Å²) in [5.74, 6) is 2.16. The molecule has 1 saturated carbocycles. The molecule has 1 N–H and O–H groups in total. The van der Waals surface area contributed by atoms with E-state index in [2.05, 4.69) is 47.5 Å². The van der Waals surface area contributed by atoms with Gasteiger partial charge in [-0.3, -0.25) is 0 Å². The Kier molecular flexibility index (Phi) is 4.58. The lowest BCUT2D eigenvalue weighted by molar-refractivity contribution is 0.0254. The molecule has 0 radical (unpaired) electrons. The Morgan fingerprint density at radius 2 is 1.94 bits per heavy atom. The maximum Gasteiger partial charge on any atom is 0.137 e. The SMILES string of the molecule is N#Cc1cc(-c2cccc3[nH]c(C4=CC5CCC4C5)cc23)ccc1OC1CCOCC1. The molecule has 31 heavy (non-hydrogen) atoms. The van der Waals surface area contributed by atoms with Gasteiger partial charge in [0.1, 0.15) is 17.9 Å². The van der Waals surface area contributed by atoms with Gasteiger partial charge >= 0.3 is 0 Å². The first-order chi connectivity index (χ1) is 15.3. The van der Waals surface area contributed by atoms with Crippen molar-refractivity contribution >= 4 is 16.5 Å². The van der Waals surface area contributed by atoms with Crippen LogP contribution in [-0.4, -0.2) is 24.3 Å². The molecule has 156 valence electrons. The van der Waals surface area contributed by atoms with Crippen LogP contribution in [0.2, 0.25) is 0 Å². The molecule has 2 unspecified atom stereocenters. The number of ether oxygens (including phenoxy) is 2. The van der Waals surface area contributed by atoms with Crippen molar-refractivity contribution in [1.82, 2.24) is 4.98 Å². The van der Waals surface area contributed by atoms with Crippen LogP contribution in [-0.2, 0) is 4.74 Å². The van der Waals surface area contributed by atoms with Gasteiger partial charge in [-0.1, -0.05) is 24.3 Å². The molecule has 3 aromatic rings. The molecule has 2 aromatic carbocycles. The number of H-pyrrole nitrogens is 1. The first-order valence-corrected chi connectivity index (χ1v) is 11.4. The van der Waals surface area contributed by atoms with E-state index < -0.39 is 0 Å². The molecule has 2 fully saturated rings. The van der Waals surface area contributed by atoms with Gasteiger partial charge in [0.2, 0.25) is 0 Å². The second-order valence-corrected chi connectivity index (χ2v) is 9.09.